The predicted octanol–water partition coefficient (Wildman–Crippen LogP) is 4.19. The summed E-state index contributed by atoms with van der Waals surface area (Å²) in [5.74, 6) is -0.222. The van der Waals surface area contributed by atoms with Gasteiger partial charge < -0.3 is 15.4 Å². The van der Waals surface area contributed by atoms with E-state index in [0.29, 0.717) is 27.2 Å². The summed E-state index contributed by atoms with van der Waals surface area (Å²) >= 11 is 11.9. The molecule has 0 radical (unpaired) electrons. The summed E-state index contributed by atoms with van der Waals surface area (Å²) in [4.78, 5) is 28.5. The number of hydrogen-bond donors (Lipinski definition) is 2. The van der Waals surface area contributed by atoms with Crippen molar-refractivity contribution >= 4 is 46.4 Å². The van der Waals surface area contributed by atoms with Gasteiger partial charge in [-0.3, -0.25) is 9.59 Å². The molecule has 0 aliphatic rings. The van der Waals surface area contributed by atoms with Crippen LogP contribution in [0.1, 0.15) is 19.9 Å². The first kappa shape index (κ1) is 21.6. The highest BCUT2D eigenvalue weighted by molar-refractivity contribution is 6.35. The van der Waals surface area contributed by atoms with Gasteiger partial charge in [0.2, 0.25) is 5.91 Å². The second-order valence-electron chi connectivity index (χ2n) is 6.44. The van der Waals surface area contributed by atoms with E-state index in [2.05, 4.69) is 20.7 Å². The van der Waals surface area contributed by atoms with Gasteiger partial charge in [-0.1, -0.05) is 23.2 Å². The molecule has 1 aromatic heterocycles. The first-order valence-corrected chi connectivity index (χ1v) is 9.76. The van der Waals surface area contributed by atoms with E-state index in [0.717, 1.165) is 0 Å². The molecule has 2 atom stereocenters. The summed E-state index contributed by atoms with van der Waals surface area (Å²) in [6.45, 7) is 3.33. The molecule has 3 rings (SSSR count). The first-order chi connectivity index (χ1) is 14.3. The molecule has 3 aromatic rings. The SMILES string of the molecule is CC(Oc1ccc(Cl)cc1Cl)C(=O)Nc1ccc(NC(=O)C(C)n2cncn2)cc1. The van der Waals surface area contributed by atoms with Crippen molar-refractivity contribution in [3.63, 3.8) is 0 Å². The number of nitrogens with one attached hydrogen (secondary N) is 2. The van der Waals surface area contributed by atoms with Crippen LogP contribution in [-0.2, 0) is 9.59 Å². The van der Waals surface area contributed by atoms with Gasteiger partial charge in [-0.15, -0.1) is 0 Å². The Morgan fingerprint density at radius 1 is 1.00 bits per heavy atom. The quantitative estimate of drug-likeness (QED) is 0.565. The number of aromatic nitrogens is 3. The van der Waals surface area contributed by atoms with Crippen LogP contribution >= 0.6 is 23.2 Å². The maximum atomic E-state index is 12.4. The molecule has 156 valence electrons. The highest BCUT2D eigenvalue weighted by Gasteiger charge is 2.18. The van der Waals surface area contributed by atoms with Crippen molar-refractivity contribution < 1.29 is 14.3 Å². The van der Waals surface area contributed by atoms with E-state index in [1.807, 2.05) is 0 Å². The lowest BCUT2D eigenvalue weighted by atomic mass is 10.2. The Morgan fingerprint density at radius 2 is 1.63 bits per heavy atom. The summed E-state index contributed by atoms with van der Waals surface area (Å²) in [6.07, 6.45) is 2.06. The lowest BCUT2D eigenvalue weighted by Crippen LogP contribution is -2.30. The molecule has 2 aromatic carbocycles. The minimum Gasteiger partial charge on any atom is -0.479 e. The second kappa shape index (κ2) is 9.60. The number of nitrogens with zero attached hydrogens (tertiary/aromatic N) is 3. The highest BCUT2D eigenvalue weighted by atomic mass is 35.5. The topological polar surface area (TPSA) is 98.1 Å². The minimum absolute atomic E-state index is 0.237. The van der Waals surface area contributed by atoms with Gasteiger partial charge in [0, 0.05) is 16.4 Å². The zero-order valence-corrected chi connectivity index (χ0v) is 17.7. The zero-order chi connectivity index (χ0) is 21.7. The van der Waals surface area contributed by atoms with Crippen molar-refractivity contribution in [3.05, 3.63) is 65.2 Å². The number of ether oxygens (including phenoxy) is 1. The molecule has 10 heteroatoms. The average Bonchev–Trinajstić information content (AvgIpc) is 3.25. The number of benzene rings is 2. The third-order valence-electron chi connectivity index (χ3n) is 4.20. The number of hydrogen-bond acceptors (Lipinski definition) is 5. The minimum atomic E-state index is -0.786. The molecule has 0 saturated carbocycles. The predicted molar refractivity (Wildman–Crippen MR) is 115 cm³/mol. The van der Waals surface area contributed by atoms with Crippen molar-refractivity contribution in [1.82, 2.24) is 14.8 Å². The Hall–Kier alpha value is -3.10. The molecule has 0 aliphatic carbocycles. The largest absolute Gasteiger partial charge is 0.479 e. The van der Waals surface area contributed by atoms with Crippen molar-refractivity contribution in [3.8, 4) is 5.75 Å². The zero-order valence-electron chi connectivity index (χ0n) is 16.2. The first-order valence-electron chi connectivity index (χ1n) is 9.01. The maximum Gasteiger partial charge on any atom is 0.265 e. The van der Waals surface area contributed by atoms with Gasteiger partial charge in [0.25, 0.3) is 5.91 Å². The smallest absolute Gasteiger partial charge is 0.265 e. The van der Waals surface area contributed by atoms with Gasteiger partial charge in [-0.25, -0.2) is 9.67 Å². The molecule has 8 nitrogen and oxygen atoms in total. The summed E-state index contributed by atoms with van der Waals surface area (Å²) < 4.78 is 7.06. The molecule has 0 spiro atoms. The summed E-state index contributed by atoms with van der Waals surface area (Å²) in [5, 5.41) is 10.3. The summed E-state index contributed by atoms with van der Waals surface area (Å²) in [7, 11) is 0. The Balaban J connectivity index is 1.55. The van der Waals surface area contributed by atoms with Gasteiger partial charge >= 0.3 is 0 Å². The third-order valence-corrected chi connectivity index (χ3v) is 4.73. The van der Waals surface area contributed by atoms with Crippen LogP contribution in [0.3, 0.4) is 0 Å². The molecule has 2 unspecified atom stereocenters. The fourth-order valence-corrected chi connectivity index (χ4v) is 2.93. The average molecular weight is 448 g/mol. The van der Waals surface area contributed by atoms with Gasteiger partial charge in [-0.05, 0) is 56.3 Å². The van der Waals surface area contributed by atoms with E-state index in [1.54, 1.807) is 56.3 Å². The Kier molecular flexibility index (Phi) is 6.91. The number of carbonyl (C=O) groups excluding carboxylic acids is 2. The van der Waals surface area contributed by atoms with Gasteiger partial charge in [0.1, 0.15) is 24.4 Å². The Labute approximate surface area is 183 Å². The molecular weight excluding hydrogens is 429 g/mol. The molecule has 1 heterocycles. The third kappa shape index (κ3) is 5.49. The summed E-state index contributed by atoms with van der Waals surface area (Å²) in [5.41, 5.74) is 1.14. The fourth-order valence-electron chi connectivity index (χ4n) is 2.48. The van der Waals surface area contributed by atoms with E-state index in [1.165, 1.54) is 17.3 Å². The molecule has 2 amide bonds. The van der Waals surface area contributed by atoms with Crippen LogP contribution in [0.4, 0.5) is 11.4 Å². The maximum absolute atomic E-state index is 12.4. The molecular formula is C20H19Cl2N5O3. The molecule has 0 bridgehead atoms. The molecule has 0 fully saturated rings. The van der Waals surface area contributed by atoms with Crippen molar-refractivity contribution in [2.75, 3.05) is 10.6 Å². The number of carbonyl (C=O) groups is 2. The number of halogens is 2. The molecule has 0 aliphatic heterocycles. The Bertz CT molecular complexity index is 1030. The van der Waals surface area contributed by atoms with Crippen LogP contribution in [-0.4, -0.2) is 32.7 Å². The van der Waals surface area contributed by atoms with E-state index < -0.39 is 12.1 Å². The van der Waals surface area contributed by atoms with Crippen LogP contribution in [0.5, 0.6) is 5.75 Å². The lowest BCUT2D eigenvalue weighted by Gasteiger charge is -2.16. The number of amides is 2. The van der Waals surface area contributed by atoms with Crippen LogP contribution in [0.15, 0.2) is 55.1 Å². The van der Waals surface area contributed by atoms with Crippen molar-refractivity contribution in [2.45, 2.75) is 26.0 Å². The fraction of sp³-hybridized carbons (Fsp3) is 0.200. The normalized spacial score (nSPS) is 12.7. The van der Waals surface area contributed by atoms with Crippen LogP contribution in [0, 0.1) is 0 Å². The van der Waals surface area contributed by atoms with E-state index in [-0.39, 0.29) is 11.8 Å². The standard InChI is InChI=1S/C20H19Cl2N5O3/c1-12(27-11-23-10-24-27)19(28)25-15-4-6-16(7-5-15)26-20(29)13(2)30-18-8-3-14(21)9-17(18)22/h3-13H,1-2H3,(H,25,28)(H,26,29). The van der Waals surface area contributed by atoms with Gasteiger partial charge in [0.15, 0.2) is 6.10 Å². The van der Waals surface area contributed by atoms with E-state index in [9.17, 15) is 9.59 Å². The van der Waals surface area contributed by atoms with Gasteiger partial charge in [0.05, 0.1) is 5.02 Å². The van der Waals surface area contributed by atoms with Crippen LogP contribution in [0.25, 0.3) is 0 Å². The second-order valence-corrected chi connectivity index (χ2v) is 7.29. The van der Waals surface area contributed by atoms with Crippen molar-refractivity contribution in [1.29, 1.82) is 0 Å². The molecule has 2 N–H and O–H groups in total. The van der Waals surface area contributed by atoms with E-state index >= 15 is 0 Å². The highest BCUT2D eigenvalue weighted by Crippen LogP contribution is 2.28. The summed E-state index contributed by atoms with van der Waals surface area (Å²) in [6, 6.07) is 11.0. The monoisotopic (exact) mass is 447 g/mol. The van der Waals surface area contributed by atoms with Crippen molar-refractivity contribution in [2.24, 2.45) is 0 Å². The van der Waals surface area contributed by atoms with Gasteiger partial charge in [-0.2, -0.15) is 5.10 Å². The Morgan fingerprint density at radius 3 is 2.20 bits per heavy atom. The van der Waals surface area contributed by atoms with Crippen LogP contribution < -0.4 is 15.4 Å². The number of anilines is 2. The molecule has 0 saturated heterocycles. The lowest BCUT2D eigenvalue weighted by molar-refractivity contribution is -0.122. The molecule has 30 heavy (non-hydrogen) atoms. The number of rotatable bonds is 7. The van der Waals surface area contributed by atoms with E-state index in [4.69, 9.17) is 27.9 Å². The van der Waals surface area contributed by atoms with Crippen LogP contribution in [0.2, 0.25) is 10.0 Å².